The summed E-state index contributed by atoms with van der Waals surface area (Å²) in [5.74, 6) is 0.783. The Balaban J connectivity index is 2.84. The van der Waals surface area contributed by atoms with Gasteiger partial charge in [-0.15, -0.1) is 0 Å². The first-order chi connectivity index (χ1) is 6.72. The van der Waals surface area contributed by atoms with Crippen LogP contribution in [0.1, 0.15) is 5.56 Å². The third-order valence-corrected chi connectivity index (χ3v) is 2.27. The van der Waals surface area contributed by atoms with E-state index in [-0.39, 0.29) is 0 Å². The number of rotatable bonds is 1. The molecule has 3 nitrogen and oxygen atoms in total. The van der Waals surface area contributed by atoms with Crippen molar-refractivity contribution in [1.29, 1.82) is 0 Å². The normalized spacial score (nSPS) is 10.4. The van der Waals surface area contributed by atoms with Crippen molar-refractivity contribution in [2.45, 2.75) is 6.92 Å². The minimum absolute atomic E-state index is 0.675. The van der Waals surface area contributed by atoms with Gasteiger partial charge in [0.05, 0.1) is 19.0 Å². The number of aromatic nitrogens is 1. The second kappa shape index (κ2) is 3.18. The van der Waals surface area contributed by atoms with Crippen molar-refractivity contribution in [3.8, 4) is 5.75 Å². The summed E-state index contributed by atoms with van der Waals surface area (Å²) in [6.07, 6.45) is 1.64. The molecule has 2 rings (SSSR count). The molecule has 0 atom stereocenters. The Morgan fingerprint density at radius 2 is 2.14 bits per heavy atom. The van der Waals surface area contributed by atoms with Crippen LogP contribution in [0.4, 0.5) is 5.69 Å². The van der Waals surface area contributed by atoms with Gasteiger partial charge < -0.3 is 10.5 Å². The number of nitrogen functional groups attached to an aromatic ring is 1. The minimum Gasteiger partial charge on any atom is -0.494 e. The van der Waals surface area contributed by atoms with Crippen molar-refractivity contribution in [3.63, 3.8) is 0 Å². The van der Waals surface area contributed by atoms with Gasteiger partial charge in [0.15, 0.2) is 0 Å². The van der Waals surface area contributed by atoms with E-state index < -0.39 is 0 Å². The van der Waals surface area contributed by atoms with Crippen LogP contribution in [0, 0.1) is 6.92 Å². The van der Waals surface area contributed by atoms with Crippen LogP contribution < -0.4 is 10.5 Å². The van der Waals surface area contributed by atoms with E-state index in [2.05, 4.69) is 4.98 Å². The van der Waals surface area contributed by atoms with Crippen molar-refractivity contribution < 1.29 is 4.74 Å². The fraction of sp³-hybridized carbons (Fsp3) is 0.182. The molecule has 3 heteroatoms. The van der Waals surface area contributed by atoms with Crippen molar-refractivity contribution >= 4 is 16.6 Å². The molecule has 1 heterocycles. The standard InChI is InChI=1S/C11H12N2O/c1-7-3-4-10(14-2)11-9(7)5-8(12)6-13-11/h3-6H,12H2,1-2H3. The molecule has 2 N–H and O–H groups in total. The molecule has 0 unspecified atom stereocenters. The lowest BCUT2D eigenvalue weighted by Crippen LogP contribution is -1.92. The van der Waals surface area contributed by atoms with E-state index in [0.717, 1.165) is 22.2 Å². The molecule has 0 saturated heterocycles. The smallest absolute Gasteiger partial charge is 0.145 e. The topological polar surface area (TPSA) is 48.1 Å². The molecule has 0 aliphatic rings. The molecule has 0 aliphatic heterocycles. The summed E-state index contributed by atoms with van der Waals surface area (Å²) >= 11 is 0. The summed E-state index contributed by atoms with van der Waals surface area (Å²) in [6, 6.07) is 5.84. The number of anilines is 1. The summed E-state index contributed by atoms with van der Waals surface area (Å²) in [6.45, 7) is 2.03. The SMILES string of the molecule is COc1ccc(C)c2cc(N)cnc12. The Labute approximate surface area is 82.5 Å². The van der Waals surface area contributed by atoms with Crippen molar-refractivity contribution in [3.05, 3.63) is 30.0 Å². The maximum atomic E-state index is 5.68. The third-order valence-electron chi connectivity index (χ3n) is 2.27. The number of fused-ring (bicyclic) bond motifs is 1. The molecule has 1 aromatic carbocycles. The molecule has 14 heavy (non-hydrogen) atoms. The highest BCUT2D eigenvalue weighted by atomic mass is 16.5. The summed E-state index contributed by atoms with van der Waals surface area (Å²) in [4.78, 5) is 4.26. The van der Waals surface area contributed by atoms with E-state index >= 15 is 0 Å². The first-order valence-corrected chi connectivity index (χ1v) is 4.41. The predicted octanol–water partition coefficient (Wildman–Crippen LogP) is 2.13. The molecule has 0 spiro atoms. The monoisotopic (exact) mass is 188 g/mol. The van der Waals surface area contributed by atoms with Gasteiger partial charge in [0.1, 0.15) is 11.3 Å². The Morgan fingerprint density at radius 3 is 2.86 bits per heavy atom. The number of ether oxygens (including phenoxy) is 1. The second-order valence-electron chi connectivity index (χ2n) is 3.25. The highest BCUT2D eigenvalue weighted by molar-refractivity contribution is 5.89. The molecular formula is C11H12N2O. The highest BCUT2D eigenvalue weighted by Gasteiger charge is 2.04. The zero-order valence-electron chi connectivity index (χ0n) is 8.24. The van der Waals surface area contributed by atoms with Crippen LogP contribution in [0.25, 0.3) is 10.9 Å². The number of hydrogen-bond donors (Lipinski definition) is 1. The van der Waals surface area contributed by atoms with Crippen LogP contribution in [-0.4, -0.2) is 12.1 Å². The quantitative estimate of drug-likeness (QED) is 0.745. The number of methoxy groups -OCH3 is 1. The number of nitrogens with zero attached hydrogens (tertiary/aromatic N) is 1. The molecule has 2 aromatic rings. The zero-order valence-corrected chi connectivity index (χ0v) is 8.24. The maximum Gasteiger partial charge on any atom is 0.145 e. The summed E-state index contributed by atoms with van der Waals surface area (Å²) < 4.78 is 5.22. The van der Waals surface area contributed by atoms with Gasteiger partial charge in [-0.25, -0.2) is 0 Å². The molecule has 0 fully saturated rings. The average Bonchev–Trinajstić information content (AvgIpc) is 2.19. The molecule has 0 aliphatic carbocycles. The second-order valence-corrected chi connectivity index (χ2v) is 3.25. The van der Waals surface area contributed by atoms with Crippen molar-refractivity contribution in [2.24, 2.45) is 0 Å². The number of benzene rings is 1. The summed E-state index contributed by atoms with van der Waals surface area (Å²) in [5, 5.41) is 1.05. The number of aryl methyl sites for hydroxylation is 1. The lowest BCUT2D eigenvalue weighted by molar-refractivity contribution is 0.419. The molecule has 0 saturated carbocycles. The molecular weight excluding hydrogens is 176 g/mol. The Kier molecular flexibility index (Phi) is 2.00. The average molecular weight is 188 g/mol. The van der Waals surface area contributed by atoms with E-state index in [1.807, 2.05) is 25.1 Å². The summed E-state index contributed by atoms with van der Waals surface area (Å²) in [5.41, 5.74) is 8.37. The fourth-order valence-corrected chi connectivity index (χ4v) is 1.51. The molecule has 0 amide bonds. The van der Waals surface area contributed by atoms with Gasteiger partial charge in [-0.3, -0.25) is 4.98 Å². The lowest BCUT2D eigenvalue weighted by atomic mass is 10.1. The van der Waals surface area contributed by atoms with Gasteiger partial charge in [0.25, 0.3) is 0 Å². The van der Waals surface area contributed by atoms with E-state index in [1.54, 1.807) is 13.3 Å². The van der Waals surface area contributed by atoms with Crippen LogP contribution >= 0.6 is 0 Å². The van der Waals surface area contributed by atoms with Crippen molar-refractivity contribution in [2.75, 3.05) is 12.8 Å². The Morgan fingerprint density at radius 1 is 1.36 bits per heavy atom. The largest absolute Gasteiger partial charge is 0.494 e. The number of pyridine rings is 1. The van der Waals surface area contributed by atoms with Crippen LogP contribution in [0.15, 0.2) is 24.4 Å². The highest BCUT2D eigenvalue weighted by Crippen LogP contribution is 2.27. The van der Waals surface area contributed by atoms with E-state index in [9.17, 15) is 0 Å². The molecule has 0 bridgehead atoms. The van der Waals surface area contributed by atoms with E-state index in [1.165, 1.54) is 0 Å². The molecule has 0 radical (unpaired) electrons. The Hall–Kier alpha value is -1.77. The van der Waals surface area contributed by atoms with Crippen molar-refractivity contribution in [1.82, 2.24) is 4.98 Å². The number of nitrogens with two attached hydrogens (primary N) is 1. The maximum absolute atomic E-state index is 5.68. The van der Waals surface area contributed by atoms with Crippen LogP contribution in [0.3, 0.4) is 0 Å². The summed E-state index contributed by atoms with van der Waals surface area (Å²) in [7, 11) is 1.64. The van der Waals surface area contributed by atoms with Gasteiger partial charge in [-0.1, -0.05) is 6.07 Å². The number of hydrogen-bond acceptors (Lipinski definition) is 3. The van der Waals surface area contributed by atoms with Gasteiger partial charge in [0, 0.05) is 5.39 Å². The minimum atomic E-state index is 0.675. The van der Waals surface area contributed by atoms with Crippen LogP contribution in [0.5, 0.6) is 5.75 Å². The first kappa shape index (κ1) is 8.81. The van der Waals surface area contributed by atoms with Gasteiger partial charge in [0.2, 0.25) is 0 Å². The fourth-order valence-electron chi connectivity index (χ4n) is 1.51. The first-order valence-electron chi connectivity index (χ1n) is 4.41. The van der Waals surface area contributed by atoms with E-state index in [0.29, 0.717) is 5.69 Å². The predicted molar refractivity (Wildman–Crippen MR) is 57.4 cm³/mol. The van der Waals surface area contributed by atoms with Crippen LogP contribution in [0.2, 0.25) is 0 Å². The van der Waals surface area contributed by atoms with E-state index in [4.69, 9.17) is 10.5 Å². The molecule has 1 aromatic heterocycles. The Bertz CT molecular complexity index is 480. The van der Waals surface area contributed by atoms with Gasteiger partial charge in [-0.2, -0.15) is 0 Å². The zero-order chi connectivity index (χ0) is 10.1. The van der Waals surface area contributed by atoms with Gasteiger partial charge >= 0.3 is 0 Å². The molecule has 72 valence electrons. The lowest BCUT2D eigenvalue weighted by Gasteiger charge is -2.07. The third kappa shape index (κ3) is 1.27. The van der Waals surface area contributed by atoms with Gasteiger partial charge in [-0.05, 0) is 24.6 Å². The van der Waals surface area contributed by atoms with Crippen LogP contribution in [-0.2, 0) is 0 Å².